The van der Waals surface area contributed by atoms with Gasteiger partial charge in [0.15, 0.2) is 17.3 Å². The van der Waals surface area contributed by atoms with Gasteiger partial charge >= 0.3 is 0 Å². The van der Waals surface area contributed by atoms with Gasteiger partial charge in [0.2, 0.25) is 0 Å². The van der Waals surface area contributed by atoms with Crippen LogP contribution in [0.1, 0.15) is 42.5 Å². The number of carbonyl (C=O) groups is 3. The molecular formula is C22H22N2O5. The molecule has 0 N–H and O–H groups in total. The number of ether oxygens (including phenoxy) is 1. The van der Waals surface area contributed by atoms with Crippen molar-refractivity contribution < 1.29 is 19.1 Å². The van der Waals surface area contributed by atoms with Gasteiger partial charge in [-0.3, -0.25) is 23.7 Å². The fourth-order valence-electron chi connectivity index (χ4n) is 3.99. The predicted octanol–water partition coefficient (Wildman–Crippen LogP) is 2.21. The number of Topliss-reactive ketones (excluding diaryl/α,β-unsaturated/α-hetero) is 3. The second-order valence-corrected chi connectivity index (χ2v) is 7.50. The van der Waals surface area contributed by atoms with Gasteiger partial charge in [-0.1, -0.05) is 30.3 Å². The smallest absolute Gasteiger partial charge is 0.264 e. The molecule has 1 aromatic carbocycles. The maximum absolute atomic E-state index is 13.3. The fraction of sp³-hybridized carbons (Fsp3) is 0.409. The number of benzene rings is 1. The first-order valence-electron chi connectivity index (χ1n) is 9.93. The summed E-state index contributed by atoms with van der Waals surface area (Å²) in [5, 5.41) is 0. The van der Waals surface area contributed by atoms with Crippen molar-refractivity contribution >= 4 is 17.3 Å². The highest BCUT2D eigenvalue weighted by molar-refractivity contribution is 6.24. The Kier molecular flexibility index (Phi) is 5.49. The van der Waals surface area contributed by atoms with Gasteiger partial charge in [-0.15, -0.1) is 0 Å². The summed E-state index contributed by atoms with van der Waals surface area (Å²) in [5.74, 6) is -2.51. The molecule has 29 heavy (non-hydrogen) atoms. The van der Waals surface area contributed by atoms with Gasteiger partial charge in [0.1, 0.15) is 17.3 Å². The van der Waals surface area contributed by atoms with Crippen LogP contribution in [-0.2, 0) is 20.9 Å². The first-order chi connectivity index (χ1) is 14.1. The van der Waals surface area contributed by atoms with Gasteiger partial charge in [-0.2, -0.15) is 0 Å². The average molecular weight is 394 g/mol. The number of nitrogens with zero attached hydrogens (tertiary/aromatic N) is 2. The summed E-state index contributed by atoms with van der Waals surface area (Å²) < 4.78 is 7.11. The minimum absolute atomic E-state index is 0.139. The SMILES string of the molecule is O=C1CCCC(=O)C1C(=O)c1cnc(-c2ccccc2)n(CC2CCCO2)c1=O. The van der Waals surface area contributed by atoms with Gasteiger partial charge in [-0.05, 0) is 19.3 Å². The summed E-state index contributed by atoms with van der Waals surface area (Å²) in [6, 6.07) is 9.23. The zero-order valence-corrected chi connectivity index (χ0v) is 16.0. The lowest BCUT2D eigenvalue weighted by molar-refractivity contribution is -0.133. The Bertz CT molecular complexity index is 990. The molecule has 0 radical (unpaired) electrons. The van der Waals surface area contributed by atoms with Crippen LogP contribution >= 0.6 is 0 Å². The first kappa shape index (κ1) is 19.4. The Hall–Kier alpha value is -2.93. The quantitative estimate of drug-likeness (QED) is 0.570. The number of aromatic nitrogens is 2. The Labute approximate surface area is 167 Å². The summed E-state index contributed by atoms with van der Waals surface area (Å²) in [6.45, 7) is 0.904. The third kappa shape index (κ3) is 3.82. The second kappa shape index (κ2) is 8.21. The van der Waals surface area contributed by atoms with Crippen molar-refractivity contribution in [3.05, 3.63) is 52.4 Å². The van der Waals surface area contributed by atoms with E-state index in [0.29, 0.717) is 18.9 Å². The van der Waals surface area contributed by atoms with E-state index in [1.807, 2.05) is 30.3 Å². The zero-order valence-electron chi connectivity index (χ0n) is 16.0. The van der Waals surface area contributed by atoms with Crippen LogP contribution in [0, 0.1) is 5.92 Å². The van der Waals surface area contributed by atoms with E-state index in [1.165, 1.54) is 10.8 Å². The lowest BCUT2D eigenvalue weighted by Gasteiger charge is -2.20. The van der Waals surface area contributed by atoms with Gasteiger partial charge in [-0.25, -0.2) is 4.98 Å². The van der Waals surface area contributed by atoms with E-state index in [4.69, 9.17) is 4.74 Å². The molecule has 7 heteroatoms. The van der Waals surface area contributed by atoms with Crippen LogP contribution in [0.3, 0.4) is 0 Å². The van der Waals surface area contributed by atoms with Crippen molar-refractivity contribution in [1.29, 1.82) is 0 Å². The molecule has 1 unspecified atom stereocenters. The number of hydrogen-bond donors (Lipinski definition) is 0. The minimum atomic E-state index is -1.38. The van der Waals surface area contributed by atoms with Crippen LogP contribution in [0.25, 0.3) is 11.4 Å². The summed E-state index contributed by atoms with van der Waals surface area (Å²) >= 11 is 0. The normalized spacial score (nSPS) is 20.2. The molecule has 1 aliphatic carbocycles. The molecule has 150 valence electrons. The van der Waals surface area contributed by atoms with Crippen LogP contribution in [0.2, 0.25) is 0 Å². The monoisotopic (exact) mass is 394 g/mol. The topological polar surface area (TPSA) is 95.3 Å². The van der Waals surface area contributed by atoms with Crippen LogP contribution in [-0.4, -0.2) is 39.6 Å². The van der Waals surface area contributed by atoms with Crippen LogP contribution in [0.4, 0.5) is 0 Å². The molecule has 4 rings (SSSR count). The minimum Gasteiger partial charge on any atom is -0.376 e. The molecule has 1 saturated carbocycles. The van der Waals surface area contributed by atoms with Gasteiger partial charge in [0.25, 0.3) is 5.56 Å². The lowest BCUT2D eigenvalue weighted by Crippen LogP contribution is -2.40. The summed E-state index contributed by atoms with van der Waals surface area (Å²) in [6.07, 6.45) is 3.61. The highest BCUT2D eigenvalue weighted by Crippen LogP contribution is 2.23. The van der Waals surface area contributed by atoms with Crippen molar-refractivity contribution in [3.63, 3.8) is 0 Å². The van der Waals surface area contributed by atoms with E-state index in [0.717, 1.165) is 18.4 Å². The Morgan fingerprint density at radius 2 is 1.79 bits per heavy atom. The van der Waals surface area contributed by atoms with Crippen LogP contribution in [0.5, 0.6) is 0 Å². The highest BCUT2D eigenvalue weighted by Gasteiger charge is 2.38. The molecule has 1 aromatic heterocycles. The highest BCUT2D eigenvalue weighted by atomic mass is 16.5. The summed E-state index contributed by atoms with van der Waals surface area (Å²) in [5.41, 5.74) is -0.00628. The number of hydrogen-bond acceptors (Lipinski definition) is 6. The molecule has 2 aliphatic rings. The maximum Gasteiger partial charge on any atom is 0.264 e. The molecule has 0 bridgehead atoms. The van der Waals surface area contributed by atoms with Crippen LogP contribution < -0.4 is 5.56 Å². The second-order valence-electron chi connectivity index (χ2n) is 7.50. The van der Waals surface area contributed by atoms with Crippen LogP contribution in [0.15, 0.2) is 41.3 Å². The standard InChI is InChI=1S/C22H22N2O5/c25-17-9-4-10-18(26)19(17)20(27)16-12-23-21(14-6-2-1-3-7-14)24(22(16)28)13-15-8-5-11-29-15/h1-3,6-7,12,15,19H,4-5,8-11,13H2. The molecular weight excluding hydrogens is 372 g/mol. The van der Waals surface area contributed by atoms with E-state index in [1.54, 1.807) is 0 Å². The molecule has 0 spiro atoms. The van der Waals surface area contributed by atoms with Gasteiger partial charge in [0, 0.05) is 31.2 Å². The number of rotatable bonds is 5. The third-order valence-electron chi connectivity index (χ3n) is 5.51. The van der Waals surface area contributed by atoms with Crippen molar-refractivity contribution in [2.75, 3.05) is 6.61 Å². The average Bonchev–Trinajstić information content (AvgIpc) is 3.23. The van der Waals surface area contributed by atoms with Crippen molar-refractivity contribution in [3.8, 4) is 11.4 Å². The fourth-order valence-corrected chi connectivity index (χ4v) is 3.99. The molecule has 2 fully saturated rings. The van der Waals surface area contributed by atoms with Gasteiger partial charge < -0.3 is 4.74 Å². The van der Waals surface area contributed by atoms with Crippen molar-refractivity contribution in [2.24, 2.45) is 5.92 Å². The van der Waals surface area contributed by atoms with E-state index in [-0.39, 0.29) is 31.1 Å². The lowest BCUT2D eigenvalue weighted by atomic mass is 9.82. The molecule has 7 nitrogen and oxygen atoms in total. The largest absolute Gasteiger partial charge is 0.376 e. The van der Waals surface area contributed by atoms with Crippen molar-refractivity contribution in [2.45, 2.75) is 44.8 Å². The molecule has 1 atom stereocenters. The predicted molar refractivity (Wildman–Crippen MR) is 105 cm³/mol. The van der Waals surface area contributed by atoms with Crippen molar-refractivity contribution in [1.82, 2.24) is 9.55 Å². The molecule has 1 saturated heterocycles. The Balaban J connectivity index is 1.77. The Morgan fingerprint density at radius 3 is 2.45 bits per heavy atom. The Morgan fingerprint density at radius 1 is 1.07 bits per heavy atom. The van der Waals surface area contributed by atoms with E-state index in [2.05, 4.69) is 4.98 Å². The summed E-state index contributed by atoms with van der Waals surface area (Å²) in [7, 11) is 0. The summed E-state index contributed by atoms with van der Waals surface area (Å²) in [4.78, 5) is 55.0. The van der Waals surface area contributed by atoms with E-state index >= 15 is 0 Å². The van der Waals surface area contributed by atoms with E-state index < -0.39 is 28.8 Å². The molecule has 2 heterocycles. The molecule has 2 aromatic rings. The number of carbonyl (C=O) groups excluding carboxylic acids is 3. The molecule has 1 aliphatic heterocycles. The molecule has 0 amide bonds. The van der Waals surface area contributed by atoms with E-state index in [9.17, 15) is 19.2 Å². The third-order valence-corrected chi connectivity index (χ3v) is 5.51. The number of ketones is 3. The van der Waals surface area contributed by atoms with Gasteiger partial charge in [0.05, 0.1) is 12.6 Å². The zero-order chi connectivity index (χ0) is 20.4. The maximum atomic E-state index is 13.3. The first-order valence-corrected chi connectivity index (χ1v) is 9.93.